The summed E-state index contributed by atoms with van der Waals surface area (Å²) >= 11 is 1.54. The van der Waals surface area contributed by atoms with E-state index in [1.54, 1.807) is 0 Å². The Hall–Kier alpha value is -1.40. The summed E-state index contributed by atoms with van der Waals surface area (Å²) in [5.74, 6) is 0. The molecule has 2 aromatic rings. The molecule has 2 N–H and O–H groups in total. The van der Waals surface area contributed by atoms with Gasteiger partial charge >= 0.3 is 0 Å². The molecule has 19 heavy (non-hydrogen) atoms. The number of aromatic nitrogens is 4. The quantitative estimate of drug-likeness (QED) is 0.864. The highest BCUT2D eigenvalue weighted by Crippen LogP contribution is 2.29. The first-order chi connectivity index (χ1) is 8.97. The van der Waals surface area contributed by atoms with Gasteiger partial charge in [-0.3, -0.25) is 4.68 Å². The molecule has 2 heterocycles. The summed E-state index contributed by atoms with van der Waals surface area (Å²) in [4.78, 5) is 8.65. The van der Waals surface area contributed by atoms with Crippen LogP contribution in [-0.4, -0.2) is 25.8 Å². The normalized spacial score (nSPS) is 12.7. The maximum Gasteiger partial charge on any atom is 0.193 e. The Kier molecular flexibility index (Phi) is 4.21. The average molecular weight is 277 g/mol. The average Bonchev–Trinajstić information content (AvgIpc) is 2.58. The fourth-order valence-corrected chi connectivity index (χ4v) is 2.80. The second-order valence-corrected chi connectivity index (χ2v) is 5.78. The van der Waals surface area contributed by atoms with Gasteiger partial charge in [0, 0.05) is 31.0 Å². The van der Waals surface area contributed by atoms with Gasteiger partial charge in [-0.25, -0.2) is 9.97 Å². The van der Waals surface area contributed by atoms with Crippen LogP contribution in [0.15, 0.2) is 22.6 Å². The predicted octanol–water partition coefficient (Wildman–Crippen LogP) is 1.87. The van der Waals surface area contributed by atoms with Crippen molar-refractivity contribution in [3.8, 4) is 0 Å². The van der Waals surface area contributed by atoms with E-state index in [2.05, 4.69) is 15.1 Å². The van der Waals surface area contributed by atoms with Crippen LogP contribution in [-0.2, 0) is 13.5 Å². The van der Waals surface area contributed by atoms with Crippen LogP contribution < -0.4 is 5.73 Å². The van der Waals surface area contributed by atoms with Gasteiger partial charge in [-0.05, 0) is 44.5 Å². The Morgan fingerprint density at radius 1 is 1.32 bits per heavy atom. The maximum absolute atomic E-state index is 5.91. The fourth-order valence-electron chi connectivity index (χ4n) is 1.89. The van der Waals surface area contributed by atoms with Gasteiger partial charge in [0.2, 0.25) is 0 Å². The molecule has 0 bridgehead atoms. The van der Waals surface area contributed by atoms with Gasteiger partial charge in [-0.1, -0.05) is 0 Å². The van der Waals surface area contributed by atoms with Crippen molar-refractivity contribution in [2.24, 2.45) is 12.8 Å². The molecule has 2 aromatic heterocycles. The summed E-state index contributed by atoms with van der Waals surface area (Å²) in [5.41, 5.74) is 9.17. The van der Waals surface area contributed by atoms with Gasteiger partial charge in [0.05, 0.1) is 5.69 Å². The number of hydrogen-bond donors (Lipinski definition) is 1. The van der Waals surface area contributed by atoms with Crippen molar-refractivity contribution in [3.05, 3.63) is 29.2 Å². The van der Waals surface area contributed by atoms with E-state index in [0.717, 1.165) is 27.9 Å². The highest BCUT2D eigenvalue weighted by Gasteiger charge is 2.16. The summed E-state index contributed by atoms with van der Waals surface area (Å²) in [6.45, 7) is 5.99. The largest absolute Gasteiger partial charge is 0.328 e. The number of nitrogens with zero attached hydrogens (tertiary/aromatic N) is 4. The first-order valence-electron chi connectivity index (χ1n) is 6.22. The molecule has 0 saturated heterocycles. The molecule has 0 aliphatic rings. The van der Waals surface area contributed by atoms with Crippen LogP contribution >= 0.6 is 11.8 Å². The van der Waals surface area contributed by atoms with E-state index in [9.17, 15) is 0 Å². The fraction of sp³-hybridized carbons (Fsp3) is 0.462. The van der Waals surface area contributed by atoms with Gasteiger partial charge in [-0.2, -0.15) is 5.10 Å². The van der Waals surface area contributed by atoms with Crippen LogP contribution in [0.3, 0.4) is 0 Å². The summed E-state index contributed by atoms with van der Waals surface area (Å²) in [7, 11) is 1.94. The Bertz CT molecular complexity index is 559. The zero-order valence-electron chi connectivity index (χ0n) is 11.7. The van der Waals surface area contributed by atoms with Crippen molar-refractivity contribution in [3.63, 3.8) is 0 Å². The molecule has 0 aliphatic heterocycles. The molecular weight excluding hydrogens is 258 g/mol. The van der Waals surface area contributed by atoms with E-state index >= 15 is 0 Å². The van der Waals surface area contributed by atoms with Crippen molar-refractivity contribution in [2.45, 2.75) is 43.4 Å². The third kappa shape index (κ3) is 3.33. The lowest BCUT2D eigenvalue weighted by Gasteiger charge is -2.07. The zero-order chi connectivity index (χ0) is 14.0. The third-order valence-corrected chi connectivity index (χ3v) is 3.86. The smallest absolute Gasteiger partial charge is 0.193 e. The third-order valence-electron chi connectivity index (χ3n) is 2.76. The second-order valence-electron chi connectivity index (χ2n) is 4.82. The molecule has 0 spiro atoms. The van der Waals surface area contributed by atoms with Crippen molar-refractivity contribution in [1.29, 1.82) is 0 Å². The van der Waals surface area contributed by atoms with Crippen LogP contribution in [0.2, 0.25) is 0 Å². The Morgan fingerprint density at radius 2 is 1.95 bits per heavy atom. The molecule has 1 atom stereocenters. The summed E-state index contributed by atoms with van der Waals surface area (Å²) in [5, 5.41) is 6.27. The number of aryl methyl sites for hydroxylation is 3. The van der Waals surface area contributed by atoms with Crippen LogP contribution in [0, 0.1) is 13.8 Å². The Balaban J connectivity index is 2.31. The summed E-state index contributed by atoms with van der Waals surface area (Å²) < 4.78 is 1.88. The SMILES string of the molecule is Cc1cnc(Sc2c(CC(C)N)c(C)nn2C)nc1. The monoisotopic (exact) mass is 277 g/mol. The minimum Gasteiger partial charge on any atom is -0.328 e. The van der Waals surface area contributed by atoms with E-state index in [0.29, 0.717) is 0 Å². The summed E-state index contributed by atoms with van der Waals surface area (Å²) in [6.07, 6.45) is 4.46. The van der Waals surface area contributed by atoms with E-state index in [1.165, 1.54) is 17.3 Å². The zero-order valence-corrected chi connectivity index (χ0v) is 12.5. The van der Waals surface area contributed by atoms with Gasteiger partial charge in [0.25, 0.3) is 0 Å². The van der Waals surface area contributed by atoms with E-state index in [1.807, 2.05) is 44.9 Å². The van der Waals surface area contributed by atoms with Crippen molar-refractivity contribution in [2.75, 3.05) is 0 Å². The molecule has 2 rings (SSSR count). The highest BCUT2D eigenvalue weighted by atomic mass is 32.2. The van der Waals surface area contributed by atoms with E-state index < -0.39 is 0 Å². The topological polar surface area (TPSA) is 69.6 Å². The van der Waals surface area contributed by atoms with Crippen molar-refractivity contribution < 1.29 is 0 Å². The number of nitrogens with two attached hydrogens (primary N) is 1. The molecule has 1 unspecified atom stereocenters. The number of hydrogen-bond acceptors (Lipinski definition) is 5. The van der Waals surface area contributed by atoms with E-state index in [-0.39, 0.29) is 6.04 Å². The van der Waals surface area contributed by atoms with Crippen LogP contribution in [0.1, 0.15) is 23.7 Å². The van der Waals surface area contributed by atoms with Crippen LogP contribution in [0.25, 0.3) is 0 Å². The minimum atomic E-state index is 0.112. The lowest BCUT2D eigenvalue weighted by molar-refractivity contribution is 0.676. The molecule has 0 aromatic carbocycles. The minimum absolute atomic E-state index is 0.112. The first-order valence-corrected chi connectivity index (χ1v) is 7.03. The molecule has 5 nitrogen and oxygen atoms in total. The highest BCUT2D eigenvalue weighted by molar-refractivity contribution is 7.99. The molecule has 0 radical (unpaired) electrons. The number of rotatable bonds is 4. The van der Waals surface area contributed by atoms with Crippen molar-refractivity contribution >= 4 is 11.8 Å². The summed E-state index contributed by atoms with van der Waals surface area (Å²) in [6, 6.07) is 0.112. The molecule has 0 fully saturated rings. The van der Waals surface area contributed by atoms with Gasteiger partial charge < -0.3 is 5.73 Å². The molecule has 0 saturated carbocycles. The maximum atomic E-state index is 5.91. The van der Waals surface area contributed by atoms with Gasteiger partial charge in [0.1, 0.15) is 5.03 Å². The van der Waals surface area contributed by atoms with E-state index in [4.69, 9.17) is 5.73 Å². The molecule has 102 valence electrons. The molecule has 0 aliphatic carbocycles. The lowest BCUT2D eigenvalue weighted by Crippen LogP contribution is -2.18. The molecule has 0 amide bonds. The molecular formula is C13H19N5S. The van der Waals surface area contributed by atoms with Crippen molar-refractivity contribution in [1.82, 2.24) is 19.7 Å². The van der Waals surface area contributed by atoms with Gasteiger partial charge in [-0.15, -0.1) is 0 Å². The molecule has 6 heteroatoms. The Labute approximate surface area is 117 Å². The standard InChI is InChI=1S/C13H19N5S/c1-8-6-15-13(16-7-8)19-12-11(5-9(2)14)10(3)17-18(12)4/h6-7,9H,5,14H2,1-4H3. The Morgan fingerprint density at radius 3 is 2.53 bits per heavy atom. The van der Waals surface area contributed by atoms with Crippen LogP contribution in [0.4, 0.5) is 0 Å². The van der Waals surface area contributed by atoms with Crippen LogP contribution in [0.5, 0.6) is 0 Å². The lowest BCUT2D eigenvalue weighted by atomic mass is 10.1. The second kappa shape index (κ2) is 5.71. The van der Waals surface area contributed by atoms with Gasteiger partial charge in [0.15, 0.2) is 5.16 Å². The first kappa shape index (κ1) is 14.0. The predicted molar refractivity (Wildman–Crippen MR) is 76.2 cm³/mol.